The van der Waals surface area contributed by atoms with Crippen LogP contribution in [0.25, 0.3) is 0 Å². The average Bonchev–Trinajstić information content (AvgIpc) is 2.31. The van der Waals surface area contributed by atoms with Gasteiger partial charge in [0.2, 0.25) is 11.8 Å². The number of hydrogen-bond acceptors (Lipinski definition) is 3. The van der Waals surface area contributed by atoms with Crippen LogP contribution < -0.4 is 10.6 Å². The number of hydrogen-bond donors (Lipinski definition) is 2. The van der Waals surface area contributed by atoms with Crippen molar-refractivity contribution in [2.75, 3.05) is 6.54 Å². The van der Waals surface area contributed by atoms with Crippen molar-refractivity contribution in [1.29, 1.82) is 0 Å². The molecule has 0 aromatic carbocycles. The van der Waals surface area contributed by atoms with Crippen LogP contribution >= 0.6 is 0 Å². The third-order valence-corrected chi connectivity index (χ3v) is 1.63. The lowest BCUT2D eigenvalue weighted by atomic mass is 10.2. The van der Waals surface area contributed by atoms with Crippen molar-refractivity contribution in [3.8, 4) is 12.3 Å². The fourth-order valence-corrected chi connectivity index (χ4v) is 1.04. The van der Waals surface area contributed by atoms with Crippen molar-refractivity contribution < 1.29 is 9.59 Å². The van der Waals surface area contributed by atoms with E-state index in [1.165, 1.54) is 0 Å². The second-order valence-electron chi connectivity index (χ2n) is 2.58. The minimum Gasteiger partial charge on any atom is -0.304 e. The highest BCUT2D eigenvalue weighted by molar-refractivity contribution is 6.05. The quantitative estimate of drug-likeness (QED) is 0.322. The van der Waals surface area contributed by atoms with Crippen molar-refractivity contribution in [3.05, 3.63) is 0 Å². The number of nitrogens with one attached hydrogen (secondary N) is 2. The van der Waals surface area contributed by atoms with E-state index in [-0.39, 0.29) is 24.3 Å². The Morgan fingerprint density at radius 2 is 2.42 bits per heavy atom. The predicted octanol–water partition coefficient (Wildman–Crippen LogP) is -0.986. The number of carbonyl (C=O) groups excluding carboxylic acids is 2. The third kappa shape index (κ3) is 2.07. The molecule has 1 aliphatic heterocycles. The maximum Gasteiger partial charge on any atom is 0.244 e. The highest BCUT2D eigenvalue weighted by Crippen LogP contribution is 2.00. The second-order valence-corrected chi connectivity index (χ2v) is 2.58. The van der Waals surface area contributed by atoms with E-state index in [1.807, 2.05) is 0 Å². The molecule has 1 heterocycles. The van der Waals surface area contributed by atoms with Crippen LogP contribution in [0, 0.1) is 12.3 Å². The van der Waals surface area contributed by atoms with Crippen molar-refractivity contribution >= 4 is 11.8 Å². The largest absolute Gasteiger partial charge is 0.304 e. The monoisotopic (exact) mass is 166 g/mol. The van der Waals surface area contributed by atoms with Gasteiger partial charge in [0.25, 0.3) is 0 Å². The summed E-state index contributed by atoms with van der Waals surface area (Å²) in [5, 5.41) is 5.09. The van der Waals surface area contributed by atoms with Gasteiger partial charge in [0, 0.05) is 13.0 Å². The maximum atomic E-state index is 10.9. The van der Waals surface area contributed by atoms with Gasteiger partial charge in [0.05, 0.1) is 12.5 Å². The molecule has 4 nitrogen and oxygen atoms in total. The number of amides is 2. The summed E-state index contributed by atoms with van der Waals surface area (Å²) in [7, 11) is 0. The Balaban J connectivity index is 2.29. The summed E-state index contributed by atoms with van der Waals surface area (Å²) in [6.07, 6.45) is 5.81. The first-order valence-corrected chi connectivity index (χ1v) is 3.74. The van der Waals surface area contributed by atoms with E-state index in [2.05, 4.69) is 16.6 Å². The maximum absolute atomic E-state index is 10.9. The Kier molecular flexibility index (Phi) is 2.83. The minimum atomic E-state index is -0.383. The van der Waals surface area contributed by atoms with Crippen molar-refractivity contribution in [1.82, 2.24) is 10.6 Å². The molecule has 4 heteroatoms. The van der Waals surface area contributed by atoms with Crippen LogP contribution in [0.1, 0.15) is 12.8 Å². The first-order chi connectivity index (χ1) is 5.74. The summed E-state index contributed by atoms with van der Waals surface area (Å²) < 4.78 is 0. The Morgan fingerprint density at radius 1 is 1.67 bits per heavy atom. The van der Waals surface area contributed by atoms with Gasteiger partial charge in [-0.05, 0) is 0 Å². The van der Waals surface area contributed by atoms with Crippen molar-refractivity contribution in [2.24, 2.45) is 0 Å². The van der Waals surface area contributed by atoms with Crippen LogP contribution in [0.3, 0.4) is 0 Å². The first kappa shape index (κ1) is 8.75. The molecule has 12 heavy (non-hydrogen) atoms. The fraction of sp³-hybridized carbons (Fsp3) is 0.500. The summed E-state index contributed by atoms with van der Waals surface area (Å²) in [5.41, 5.74) is 0. The van der Waals surface area contributed by atoms with Crippen LogP contribution in [0.15, 0.2) is 0 Å². The lowest BCUT2D eigenvalue weighted by Gasteiger charge is -2.05. The summed E-state index contributed by atoms with van der Waals surface area (Å²) in [5.74, 6) is 1.96. The summed E-state index contributed by atoms with van der Waals surface area (Å²) >= 11 is 0. The van der Waals surface area contributed by atoms with E-state index in [1.54, 1.807) is 0 Å². The van der Waals surface area contributed by atoms with Crippen LogP contribution in [0.2, 0.25) is 0 Å². The molecular weight excluding hydrogens is 156 g/mol. The van der Waals surface area contributed by atoms with Gasteiger partial charge in [-0.1, -0.05) is 0 Å². The Hall–Kier alpha value is -1.34. The van der Waals surface area contributed by atoms with E-state index >= 15 is 0 Å². The SMILES string of the molecule is C#CCCNC1CC(=O)NC1=O. The van der Waals surface area contributed by atoms with Gasteiger partial charge in [-0.3, -0.25) is 14.9 Å². The zero-order chi connectivity index (χ0) is 8.97. The minimum absolute atomic E-state index is 0.224. The summed E-state index contributed by atoms with van der Waals surface area (Å²) in [4.78, 5) is 21.6. The van der Waals surface area contributed by atoms with E-state index in [9.17, 15) is 9.59 Å². The van der Waals surface area contributed by atoms with Crippen LogP contribution in [0.5, 0.6) is 0 Å². The van der Waals surface area contributed by atoms with E-state index < -0.39 is 0 Å². The molecule has 0 aliphatic carbocycles. The van der Waals surface area contributed by atoms with Crippen molar-refractivity contribution in [3.63, 3.8) is 0 Å². The second kappa shape index (κ2) is 3.88. The molecule has 1 fully saturated rings. The molecule has 0 aromatic rings. The third-order valence-electron chi connectivity index (χ3n) is 1.63. The smallest absolute Gasteiger partial charge is 0.244 e. The van der Waals surface area contributed by atoms with Crippen LogP contribution in [-0.4, -0.2) is 24.4 Å². The van der Waals surface area contributed by atoms with Gasteiger partial charge in [0.1, 0.15) is 0 Å². The Bertz CT molecular complexity index is 242. The Labute approximate surface area is 70.7 Å². The molecule has 1 aliphatic rings. The Morgan fingerprint density at radius 3 is 2.92 bits per heavy atom. The predicted molar refractivity (Wildman–Crippen MR) is 43.0 cm³/mol. The zero-order valence-electron chi connectivity index (χ0n) is 6.59. The molecule has 0 aromatic heterocycles. The molecule has 2 N–H and O–H groups in total. The molecule has 1 unspecified atom stereocenters. The first-order valence-electron chi connectivity index (χ1n) is 3.74. The van der Waals surface area contributed by atoms with Gasteiger partial charge in [-0.2, -0.15) is 0 Å². The standard InChI is InChI=1S/C8H10N2O2/c1-2-3-4-9-6-5-7(11)10-8(6)12/h1,6,9H,3-5H2,(H,10,11,12). The lowest BCUT2D eigenvalue weighted by molar-refractivity contribution is -0.125. The molecule has 0 bridgehead atoms. The molecule has 64 valence electrons. The number of rotatable bonds is 3. The van der Waals surface area contributed by atoms with Crippen LogP contribution in [0.4, 0.5) is 0 Å². The number of imide groups is 1. The molecule has 1 rings (SSSR count). The van der Waals surface area contributed by atoms with E-state index in [4.69, 9.17) is 6.42 Å². The van der Waals surface area contributed by atoms with E-state index in [0.717, 1.165) is 0 Å². The van der Waals surface area contributed by atoms with E-state index in [0.29, 0.717) is 13.0 Å². The molecular formula is C8H10N2O2. The van der Waals surface area contributed by atoms with Gasteiger partial charge in [0.15, 0.2) is 0 Å². The topological polar surface area (TPSA) is 58.2 Å². The molecule has 0 radical (unpaired) electrons. The van der Waals surface area contributed by atoms with Crippen LogP contribution in [-0.2, 0) is 9.59 Å². The molecule has 0 saturated carbocycles. The number of terminal acetylenes is 1. The van der Waals surface area contributed by atoms with Gasteiger partial charge in [-0.25, -0.2) is 0 Å². The fourth-order valence-electron chi connectivity index (χ4n) is 1.04. The lowest BCUT2D eigenvalue weighted by Crippen LogP contribution is -2.36. The van der Waals surface area contributed by atoms with Gasteiger partial charge >= 0.3 is 0 Å². The molecule has 0 spiro atoms. The summed E-state index contributed by atoms with van der Waals surface area (Å²) in [6, 6.07) is -0.383. The van der Waals surface area contributed by atoms with Gasteiger partial charge in [-0.15, -0.1) is 12.3 Å². The van der Waals surface area contributed by atoms with Gasteiger partial charge < -0.3 is 5.32 Å². The molecule has 1 atom stereocenters. The summed E-state index contributed by atoms with van der Waals surface area (Å²) in [6.45, 7) is 0.571. The highest BCUT2D eigenvalue weighted by Gasteiger charge is 2.29. The zero-order valence-corrected chi connectivity index (χ0v) is 6.59. The number of carbonyl (C=O) groups is 2. The van der Waals surface area contributed by atoms with Crippen molar-refractivity contribution in [2.45, 2.75) is 18.9 Å². The molecule has 2 amide bonds. The highest BCUT2D eigenvalue weighted by atomic mass is 16.2. The average molecular weight is 166 g/mol. The molecule has 1 saturated heterocycles. The normalized spacial score (nSPS) is 22.1.